The zero-order chi connectivity index (χ0) is 18.2. The summed E-state index contributed by atoms with van der Waals surface area (Å²) in [6.07, 6.45) is -0.545. The first-order valence-electron chi connectivity index (χ1n) is 8.04. The van der Waals surface area contributed by atoms with Crippen molar-refractivity contribution in [3.8, 4) is 0 Å². The first kappa shape index (κ1) is 20.0. The van der Waals surface area contributed by atoms with Gasteiger partial charge in [0.05, 0.1) is 6.10 Å². The van der Waals surface area contributed by atoms with Crippen molar-refractivity contribution in [3.05, 3.63) is 0 Å². The second kappa shape index (κ2) is 6.43. The van der Waals surface area contributed by atoms with Crippen molar-refractivity contribution in [2.24, 2.45) is 0 Å². The largest absolute Gasteiger partial charge is 0.480 e. The van der Waals surface area contributed by atoms with Gasteiger partial charge in [-0.25, -0.2) is 9.59 Å². The van der Waals surface area contributed by atoms with Crippen LogP contribution in [0.2, 0.25) is 18.1 Å². The van der Waals surface area contributed by atoms with Gasteiger partial charge in [0.15, 0.2) is 8.32 Å². The van der Waals surface area contributed by atoms with Gasteiger partial charge in [-0.2, -0.15) is 0 Å². The minimum atomic E-state index is -2.02. The monoisotopic (exact) mass is 345 g/mol. The van der Waals surface area contributed by atoms with Crippen LogP contribution >= 0.6 is 0 Å². The van der Waals surface area contributed by atoms with Crippen molar-refractivity contribution < 1.29 is 23.9 Å². The Bertz CT molecular complexity index is 464. The zero-order valence-electron chi connectivity index (χ0n) is 15.6. The van der Waals surface area contributed by atoms with E-state index in [2.05, 4.69) is 33.9 Å². The molecule has 1 amide bonds. The lowest BCUT2D eigenvalue weighted by Crippen LogP contribution is -2.45. The summed E-state index contributed by atoms with van der Waals surface area (Å²) in [6.45, 7) is 16.2. The van der Waals surface area contributed by atoms with Crippen LogP contribution in [0, 0.1) is 0 Å². The maximum Gasteiger partial charge on any atom is 0.411 e. The topological polar surface area (TPSA) is 76.1 Å². The summed E-state index contributed by atoms with van der Waals surface area (Å²) in [5, 5.41) is 9.45. The second-order valence-electron chi connectivity index (χ2n) is 8.72. The quantitative estimate of drug-likeness (QED) is 0.793. The van der Waals surface area contributed by atoms with E-state index < -0.39 is 32.0 Å². The molecule has 1 heterocycles. The molecule has 1 N–H and O–H groups in total. The number of nitrogens with zero attached hydrogens (tertiary/aromatic N) is 1. The number of ether oxygens (including phenoxy) is 1. The van der Waals surface area contributed by atoms with Crippen molar-refractivity contribution in [2.45, 2.75) is 83.8 Å². The Kier molecular flexibility index (Phi) is 5.58. The van der Waals surface area contributed by atoms with Crippen LogP contribution in [0.1, 0.15) is 48.0 Å². The third kappa shape index (κ3) is 5.21. The fourth-order valence-corrected chi connectivity index (χ4v) is 3.59. The van der Waals surface area contributed by atoms with Gasteiger partial charge in [-0.15, -0.1) is 0 Å². The van der Waals surface area contributed by atoms with Crippen LogP contribution in [0.5, 0.6) is 0 Å². The summed E-state index contributed by atoms with van der Waals surface area (Å²) in [5.41, 5.74) is -0.654. The Morgan fingerprint density at radius 2 is 1.65 bits per heavy atom. The predicted octanol–water partition coefficient (Wildman–Crippen LogP) is 3.47. The number of carboxylic acids is 1. The van der Waals surface area contributed by atoms with E-state index in [1.807, 2.05) is 0 Å². The Labute approximate surface area is 140 Å². The van der Waals surface area contributed by atoms with E-state index in [-0.39, 0.29) is 17.7 Å². The van der Waals surface area contributed by atoms with E-state index >= 15 is 0 Å². The standard InChI is InChI=1S/C16H31NO5Si/c1-15(2,3)21-14(20)17-10-11(9-12(17)13(18)19)22-23(7,8)16(4,5)6/h11-12H,9-10H2,1-8H3,(H,18,19)/t11-,12-/m0/s1. The summed E-state index contributed by atoms with van der Waals surface area (Å²) < 4.78 is 11.6. The van der Waals surface area contributed by atoms with Crippen molar-refractivity contribution in [1.29, 1.82) is 0 Å². The van der Waals surface area contributed by atoms with Gasteiger partial charge in [0, 0.05) is 13.0 Å². The van der Waals surface area contributed by atoms with E-state index in [1.54, 1.807) is 20.8 Å². The average molecular weight is 346 g/mol. The van der Waals surface area contributed by atoms with Crippen LogP contribution in [0.3, 0.4) is 0 Å². The minimum absolute atomic E-state index is 0.0328. The summed E-state index contributed by atoms with van der Waals surface area (Å²) in [6, 6.07) is -0.889. The summed E-state index contributed by atoms with van der Waals surface area (Å²) in [5.74, 6) is -1.02. The summed E-state index contributed by atoms with van der Waals surface area (Å²) in [4.78, 5) is 25.1. The number of hydrogen-bond acceptors (Lipinski definition) is 4. The van der Waals surface area contributed by atoms with Crippen LogP contribution in [0.4, 0.5) is 4.79 Å². The molecule has 23 heavy (non-hydrogen) atoms. The molecule has 0 bridgehead atoms. The van der Waals surface area contributed by atoms with Crippen molar-refractivity contribution in [3.63, 3.8) is 0 Å². The SMILES string of the molecule is CC(C)(C)OC(=O)N1C[C@@H](O[Si](C)(C)C(C)(C)C)C[C@H]1C(=O)O. The van der Waals surface area contributed by atoms with Gasteiger partial charge in [0.1, 0.15) is 11.6 Å². The lowest BCUT2D eigenvalue weighted by molar-refractivity contribution is -0.142. The fourth-order valence-electron chi connectivity index (χ4n) is 2.23. The van der Waals surface area contributed by atoms with E-state index in [1.165, 1.54) is 4.90 Å². The molecule has 0 aromatic carbocycles. The molecule has 6 nitrogen and oxygen atoms in total. The van der Waals surface area contributed by atoms with Crippen molar-refractivity contribution >= 4 is 20.4 Å². The van der Waals surface area contributed by atoms with Gasteiger partial charge in [0.25, 0.3) is 0 Å². The summed E-state index contributed by atoms with van der Waals surface area (Å²) >= 11 is 0. The minimum Gasteiger partial charge on any atom is -0.480 e. The third-order valence-corrected chi connectivity index (χ3v) is 8.98. The Morgan fingerprint density at radius 3 is 2.04 bits per heavy atom. The number of carbonyl (C=O) groups excluding carboxylic acids is 1. The lowest BCUT2D eigenvalue weighted by Gasteiger charge is -2.38. The van der Waals surface area contributed by atoms with Gasteiger partial charge < -0.3 is 14.3 Å². The number of likely N-dealkylation sites (tertiary alicyclic amines) is 1. The van der Waals surface area contributed by atoms with Crippen LogP contribution in [-0.4, -0.2) is 54.7 Å². The third-order valence-electron chi connectivity index (χ3n) is 4.44. The Balaban J connectivity index is 2.87. The molecule has 7 heteroatoms. The highest BCUT2D eigenvalue weighted by Gasteiger charge is 2.46. The molecular weight excluding hydrogens is 314 g/mol. The molecule has 134 valence electrons. The molecule has 0 aromatic heterocycles. The van der Waals surface area contributed by atoms with Crippen LogP contribution < -0.4 is 0 Å². The van der Waals surface area contributed by atoms with Gasteiger partial charge in [-0.1, -0.05) is 20.8 Å². The number of carboxylic acid groups (broad SMARTS) is 1. The smallest absolute Gasteiger partial charge is 0.411 e. The molecule has 2 atom stereocenters. The maximum atomic E-state index is 12.3. The van der Waals surface area contributed by atoms with Gasteiger partial charge in [0.2, 0.25) is 0 Å². The molecule has 0 spiro atoms. The molecule has 0 saturated carbocycles. The highest BCUT2D eigenvalue weighted by Crippen LogP contribution is 2.39. The molecule has 0 unspecified atom stereocenters. The number of carbonyl (C=O) groups is 2. The first-order chi connectivity index (χ1) is 10.1. The molecule has 1 rings (SSSR count). The fraction of sp³-hybridized carbons (Fsp3) is 0.875. The number of rotatable bonds is 3. The normalized spacial score (nSPS) is 23.0. The Hall–Kier alpha value is -1.08. The average Bonchev–Trinajstić information content (AvgIpc) is 2.68. The molecule has 0 radical (unpaired) electrons. The molecular formula is C16H31NO5Si. The van der Waals surface area contributed by atoms with E-state index in [9.17, 15) is 14.7 Å². The van der Waals surface area contributed by atoms with E-state index in [0.29, 0.717) is 6.42 Å². The molecule has 1 aliphatic heterocycles. The van der Waals surface area contributed by atoms with Gasteiger partial charge in [-0.3, -0.25) is 4.90 Å². The highest BCUT2D eigenvalue weighted by molar-refractivity contribution is 6.74. The zero-order valence-corrected chi connectivity index (χ0v) is 16.6. The summed E-state index contributed by atoms with van der Waals surface area (Å²) in [7, 11) is -2.02. The highest BCUT2D eigenvalue weighted by atomic mass is 28.4. The maximum absolute atomic E-state index is 12.3. The first-order valence-corrected chi connectivity index (χ1v) is 10.9. The molecule has 1 aliphatic rings. The van der Waals surface area contributed by atoms with E-state index in [4.69, 9.17) is 9.16 Å². The molecule has 1 saturated heterocycles. The number of hydrogen-bond donors (Lipinski definition) is 1. The van der Waals surface area contributed by atoms with Crippen molar-refractivity contribution in [1.82, 2.24) is 4.90 Å². The number of aliphatic carboxylic acids is 1. The number of amides is 1. The van der Waals surface area contributed by atoms with Crippen molar-refractivity contribution in [2.75, 3.05) is 6.54 Å². The van der Waals surface area contributed by atoms with E-state index in [0.717, 1.165) is 0 Å². The van der Waals surface area contributed by atoms with Crippen LogP contribution in [0.25, 0.3) is 0 Å². The van der Waals surface area contributed by atoms with Gasteiger partial charge >= 0.3 is 12.1 Å². The predicted molar refractivity (Wildman–Crippen MR) is 91.1 cm³/mol. The molecule has 0 aromatic rings. The Morgan fingerprint density at radius 1 is 1.13 bits per heavy atom. The van der Waals surface area contributed by atoms with Crippen LogP contribution in [0.15, 0.2) is 0 Å². The second-order valence-corrected chi connectivity index (χ2v) is 13.5. The lowest BCUT2D eigenvalue weighted by atomic mass is 10.2. The van der Waals surface area contributed by atoms with Gasteiger partial charge in [-0.05, 0) is 38.9 Å². The molecule has 1 fully saturated rings. The van der Waals surface area contributed by atoms with Crippen LogP contribution in [-0.2, 0) is 14.0 Å². The molecule has 0 aliphatic carbocycles.